The molecule has 0 amide bonds. The summed E-state index contributed by atoms with van der Waals surface area (Å²) in [5.41, 5.74) is 0. The molecule has 76 valence electrons. The second kappa shape index (κ2) is 4.37. The van der Waals surface area contributed by atoms with Crippen LogP contribution in [-0.4, -0.2) is 21.1 Å². The van der Waals surface area contributed by atoms with Crippen LogP contribution in [0.3, 0.4) is 0 Å². The Morgan fingerprint density at radius 1 is 1.43 bits per heavy atom. The molecule has 0 aliphatic heterocycles. The molecule has 1 fully saturated rings. The molecule has 1 aromatic heterocycles. The molecule has 1 heterocycles. The molecule has 1 aromatic rings. The Morgan fingerprint density at radius 3 is 2.93 bits per heavy atom. The summed E-state index contributed by atoms with van der Waals surface area (Å²) >= 11 is 0. The van der Waals surface area contributed by atoms with Crippen LogP contribution in [0.1, 0.15) is 31.5 Å². The molecule has 4 heteroatoms. The normalized spacial score (nSPS) is 17.2. The molecular weight excluding hydrogens is 178 g/mol. The lowest BCUT2D eigenvalue weighted by atomic mass is 10.2. The van der Waals surface area contributed by atoms with Crippen molar-refractivity contribution in [3.8, 4) is 0 Å². The molecule has 14 heavy (non-hydrogen) atoms. The van der Waals surface area contributed by atoms with E-state index in [1.807, 2.05) is 6.07 Å². The third-order valence-corrected chi connectivity index (χ3v) is 2.55. The van der Waals surface area contributed by atoms with Gasteiger partial charge in [-0.15, -0.1) is 0 Å². The lowest BCUT2D eigenvalue weighted by Crippen LogP contribution is -2.16. The van der Waals surface area contributed by atoms with E-state index < -0.39 is 0 Å². The van der Waals surface area contributed by atoms with Gasteiger partial charge in [0.2, 0.25) is 0 Å². The van der Waals surface area contributed by atoms with E-state index in [0.29, 0.717) is 11.9 Å². The van der Waals surface area contributed by atoms with Crippen molar-refractivity contribution in [2.24, 2.45) is 0 Å². The van der Waals surface area contributed by atoms with E-state index >= 15 is 0 Å². The smallest absolute Gasteiger partial charge is 0.156 e. The van der Waals surface area contributed by atoms with Gasteiger partial charge < -0.3 is 10.4 Å². The SMILES string of the molecule is OCc1nccc(NC2CCCC2)n1. The Hall–Kier alpha value is -1.16. The summed E-state index contributed by atoms with van der Waals surface area (Å²) in [7, 11) is 0. The molecule has 0 saturated heterocycles. The summed E-state index contributed by atoms with van der Waals surface area (Å²) in [5, 5.41) is 12.2. The van der Waals surface area contributed by atoms with E-state index in [1.54, 1.807) is 6.20 Å². The van der Waals surface area contributed by atoms with Crippen LogP contribution in [0.2, 0.25) is 0 Å². The molecule has 4 nitrogen and oxygen atoms in total. The average molecular weight is 193 g/mol. The van der Waals surface area contributed by atoms with E-state index in [9.17, 15) is 0 Å². The number of hydrogen-bond donors (Lipinski definition) is 2. The number of rotatable bonds is 3. The molecule has 2 N–H and O–H groups in total. The zero-order valence-corrected chi connectivity index (χ0v) is 8.11. The third-order valence-electron chi connectivity index (χ3n) is 2.55. The maximum atomic E-state index is 8.87. The van der Waals surface area contributed by atoms with Gasteiger partial charge in [-0.1, -0.05) is 12.8 Å². The zero-order valence-electron chi connectivity index (χ0n) is 8.11. The molecule has 2 rings (SSSR count). The van der Waals surface area contributed by atoms with Crippen molar-refractivity contribution in [1.29, 1.82) is 0 Å². The van der Waals surface area contributed by atoms with Crippen molar-refractivity contribution in [2.75, 3.05) is 5.32 Å². The standard InChI is InChI=1S/C10H15N3O/c14-7-10-11-6-5-9(13-10)12-8-3-1-2-4-8/h5-6,8,14H,1-4,7H2,(H,11,12,13). The van der Waals surface area contributed by atoms with Crippen LogP contribution >= 0.6 is 0 Å². The third kappa shape index (κ3) is 2.20. The maximum absolute atomic E-state index is 8.87. The fourth-order valence-electron chi connectivity index (χ4n) is 1.83. The van der Waals surface area contributed by atoms with Gasteiger partial charge in [-0.2, -0.15) is 0 Å². The molecule has 1 aliphatic carbocycles. The summed E-state index contributed by atoms with van der Waals surface area (Å²) in [4.78, 5) is 8.11. The lowest BCUT2D eigenvalue weighted by molar-refractivity contribution is 0.271. The predicted molar refractivity (Wildman–Crippen MR) is 53.8 cm³/mol. The molecule has 0 bridgehead atoms. The molecule has 0 unspecified atom stereocenters. The van der Waals surface area contributed by atoms with Gasteiger partial charge in [0.1, 0.15) is 12.4 Å². The Morgan fingerprint density at radius 2 is 2.21 bits per heavy atom. The highest BCUT2D eigenvalue weighted by Crippen LogP contribution is 2.21. The molecule has 0 spiro atoms. The van der Waals surface area contributed by atoms with Crippen LogP contribution in [0, 0.1) is 0 Å². The zero-order chi connectivity index (χ0) is 9.80. The first-order valence-electron chi connectivity index (χ1n) is 5.08. The van der Waals surface area contributed by atoms with Gasteiger partial charge >= 0.3 is 0 Å². The fraction of sp³-hybridized carbons (Fsp3) is 0.600. The van der Waals surface area contributed by atoms with Gasteiger partial charge in [0.25, 0.3) is 0 Å². The number of nitrogens with one attached hydrogen (secondary N) is 1. The molecule has 0 aromatic carbocycles. The number of hydrogen-bond acceptors (Lipinski definition) is 4. The molecule has 0 atom stereocenters. The van der Waals surface area contributed by atoms with Crippen LogP contribution < -0.4 is 5.32 Å². The van der Waals surface area contributed by atoms with Gasteiger partial charge in [0.05, 0.1) is 0 Å². The first-order chi connectivity index (χ1) is 6.88. The van der Waals surface area contributed by atoms with Crippen LogP contribution in [0.4, 0.5) is 5.82 Å². The van der Waals surface area contributed by atoms with E-state index in [0.717, 1.165) is 5.82 Å². The number of anilines is 1. The van der Waals surface area contributed by atoms with Crippen molar-refractivity contribution in [2.45, 2.75) is 38.3 Å². The minimum atomic E-state index is -0.0970. The number of nitrogens with zero attached hydrogens (tertiary/aromatic N) is 2. The van der Waals surface area contributed by atoms with E-state index in [2.05, 4.69) is 15.3 Å². The fourth-order valence-corrected chi connectivity index (χ4v) is 1.83. The highest BCUT2D eigenvalue weighted by Gasteiger charge is 2.14. The quantitative estimate of drug-likeness (QED) is 0.760. The van der Waals surface area contributed by atoms with Gasteiger partial charge in [-0.05, 0) is 18.9 Å². The molecular formula is C10H15N3O. The first-order valence-corrected chi connectivity index (χ1v) is 5.08. The first kappa shape index (κ1) is 9.40. The Labute approximate surface area is 83.4 Å². The van der Waals surface area contributed by atoms with Crippen LogP contribution in [0.5, 0.6) is 0 Å². The Kier molecular flexibility index (Phi) is 2.93. The van der Waals surface area contributed by atoms with Crippen molar-refractivity contribution >= 4 is 5.82 Å². The molecule has 0 radical (unpaired) electrons. The lowest BCUT2D eigenvalue weighted by Gasteiger charge is -2.12. The van der Waals surface area contributed by atoms with Gasteiger partial charge in [-0.3, -0.25) is 0 Å². The highest BCUT2D eigenvalue weighted by molar-refractivity contribution is 5.34. The van der Waals surface area contributed by atoms with E-state index in [1.165, 1.54) is 25.7 Å². The van der Waals surface area contributed by atoms with Crippen LogP contribution in [0.25, 0.3) is 0 Å². The largest absolute Gasteiger partial charge is 0.388 e. The second-order valence-electron chi connectivity index (χ2n) is 3.64. The van der Waals surface area contributed by atoms with Crippen molar-refractivity contribution in [3.05, 3.63) is 18.1 Å². The number of aliphatic hydroxyl groups excluding tert-OH is 1. The maximum Gasteiger partial charge on any atom is 0.156 e. The topological polar surface area (TPSA) is 58.0 Å². The Balaban J connectivity index is 2.00. The van der Waals surface area contributed by atoms with Crippen LogP contribution in [0.15, 0.2) is 12.3 Å². The summed E-state index contributed by atoms with van der Waals surface area (Å²) in [6.07, 6.45) is 6.72. The summed E-state index contributed by atoms with van der Waals surface area (Å²) < 4.78 is 0. The highest BCUT2D eigenvalue weighted by atomic mass is 16.3. The van der Waals surface area contributed by atoms with Gasteiger partial charge in [0.15, 0.2) is 5.82 Å². The number of aliphatic hydroxyl groups is 1. The van der Waals surface area contributed by atoms with Crippen molar-refractivity contribution < 1.29 is 5.11 Å². The van der Waals surface area contributed by atoms with Crippen molar-refractivity contribution in [3.63, 3.8) is 0 Å². The summed E-state index contributed by atoms with van der Waals surface area (Å²) in [6, 6.07) is 2.40. The van der Waals surface area contributed by atoms with Gasteiger partial charge in [0, 0.05) is 12.2 Å². The summed E-state index contributed by atoms with van der Waals surface area (Å²) in [5.74, 6) is 1.31. The second-order valence-corrected chi connectivity index (χ2v) is 3.64. The predicted octanol–water partition coefficient (Wildman–Crippen LogP) is 1.32. The molecule has 1 aliphatic rings. The average Bonchev–Trinajstić information content (AvgIpc) is 2.71. The van der Waals surface area contributed by atoms with E-state index in [4.69, 9.17) is 5.11 Å². The Bertz CT molecular complexity index is 297. The minimum absolute atomic E-state index is 0.0970. The van der Waals surface area contributed by atoms with E-state index in [-0.39, 0.29) is 6.61 Å². The number of aromatic nitrogens is 2. The van der Waals surface area contributed by atoms with Crippen molar-refractivity contribution in [1.82, 2.24) is 9.97 Å². The van der Waals surface area contributed by atoms with Gasteiger partial charge in [-0.25, -0.2) is 9.97 Å². The summed E-state index contributed by atoms with van der Waals surface area (Å²) in [6.45, 7) is -0.0970. The molecule has 1 saturated carbocycles. The minimum Gasteiger partial charge on any atom is -0.388 e. The van der Waals surface area contributed by atoms with Crippen LogP contribution in [-0.2, 0) is 6.61 Å². The monoisotopic (exact) mass is 193 g/mol.